The Labute approximate surface area is 46.0 Å². The predicted molar refractivity (Wildman–Crippen MR) is 27.1 cm³/mol. The molecule has 0 radical (unpaired) electrons. The van der Waals surface area contributed by atoms with E-state index in [1.807, 2.05) is 0 Å². The van der Waals surface area contributed by atoms with E-state index in [1.54, 1.807) is 0 Å². The maximum Gasteiger partial charge on any atom is 0.349 e. The van der Waals surface area contributed by atoms with Crippen LogP contribution in [0.15, 0.2) is 11.1 Å². The summed E-state index contributed by atoms with van der Waals surface area (Å²) in [4.78, 5) is 18.8. The Bertz CT molecular complexity index is 246. The minimum atomic E-state index is -0.646. The molecule has 1 aromatic heterocycles. The van der Waals surface area contributed by atoms with Crippen molar-refractivity contribution >= 4 is 5.95 Å². The van der Waals surface area contributed by atoms with Crippen LogP contribution in [0.2, 0.25) is 0 Å². The normalized spacial score (nSPS) is 10.8. The summed E-state index contributed by atoms with van der Waals surface area (Å²) in [6, 6.07) is 0. The number of aromatic amines is 1. The van der Waals surface area contributed by atoms with Crippen molar-refractivity contribution < 1.29 is 1.37 Å². The van der Waals surface area contributed by atoms with E-state index in [1.165, 1.54) is 0 Å². The Hall–Kier alpha value is -1.39. The predicted octanol–water partition coefficient (Wildman–Crippen LogP) is -1.25. The van der Waals surface area contributed by atoms with Gasteiger partial charge in [0, 0.05) is 0 Å². The number of hydrogen-bond donors (Lipinski definition) is 2. The molecule has 0 aliphatic rings. The zero-order valence-corrected chi connectivity index (χ0v) is 3.88. The molecule has 3 N–H and O–H groups in total. The van der Waals surface area contributed by atoms with Gasteiger partial charge in [-0.25, -0.2) is 9.78 Å². The molecule has 0 unspecified atom stereocenters. The number of nitrogens with zero attached hydrogens (tertiary/aromatic N) is 2. The van der Waals surface area contributed by atoms with Crippen LogP contribution in [0.3, 0.4) is 0 Å². The second-order valence-corrected chi connectivity index (χ2v) is 1.14. The van der Waals surface area contributed by atoms with Crippen LogP contribution in [-0.2, 0) is 0 Å². The van der Waals surface area contributed by atoms with Crippen LogP contribution in [0.4, 0.5) is 5.95 Å². The van der Waals surface area contributed by atoms with Gasteiger partial charge in [0.25, 0.3) is 0 Å². The van der Waals surface area contributed by atoms with E-state index in [4.69, 9.17) is 7.10 Å². The molecule has 0 atom stereocenters. The van der Waals surface area contributed by atoms with Gasteiger partial charge in [-0.05, 0) is 0 Å². The largest absolute Gasteiger partial charge is 0.369 e. The SMILES string of the molecule is [2H]c1nc(N)[nH]c(=O)n1. The zero-order chi connectivity index (χ0) is 6.85. The maximum absolute atomic E-state index is 10.3. The zero-order valence-electron chi connectivity index (χ0n) is 4.88. The molecule has 0 aromatic carbocycles. The summed E-state index contributed by atoms with van der Waals surface area (Å²) in [6.07, 6.45) is -0.365. The third kappa shape index (κ3) is 0.810. The first-order chi connectivity index (χ1) is 4.18. The van der Waals surface area contributed by atoms with Gasteiger partial charge in [0.2, 0.25) is 5.95 Å². The first kappa shape index (κ1) is 3.59. The van der Waals surface area contributed by atoms with Gasteiger partial charge in [-0.3, -0.25) is 4.98 Å². The molecule has 0 fully saturated rings. The molecular weight excluding hydrogens is 108 g/mol. The minimum absolute atomic E-state index is 0.0833. The molecule has 1 aromatic rings. The van der Waals surface area contributed by atoms with Crippen molar-refractivity contribution in [2.75, 3.05) is 5.73 Å². The van der Waals surface area contributed by atoms with E-state index >= 15 is 0 Å². The first-order valence-electron chi connectivity index (χ1n) is 2.39. The van der Waals surface area contributed by atoms with Gasteiger partial charge in [0.1, 0.15) is 7.67 Å². The van der Waals surface area contributed by atoms with Crippen molar-refractivity contribution in [3.05, 3.63) is 16.8 Å². The van der Waals surface area contributed by atoms with Crippen molar-refractivity contribution in [2.45, 2.75) is 0 Å². The molecule has 0 bridgehead atoms. The average Bonchev–Trinajstić information content (AvgIpc) is 1.59. The van der Waals surface area contributed by atoms with Crippen molar-refractivity contribution in [2.24, 2.45) is 0 Å². The molecule has 0 saturated heterocycles. The Morgan fingerprint density at radius 2 is 2.62 bits per heavy atom. The van der Waals surface area contributed by atoms with Gasteiger partial charge < -0.3 is 5.73 Å². The van der Waals surface area contributed by atoms with Crippen LogP contribution in [0, 0.1) is 0 Å². The lowest BCUT2D eigenvalue weighted by molar-refractivity contribution is 1.000. The highest BCUT2D eigenvalue weighted by molar-refractivity contribution is 5.08. The molecule has 0 saturated carbocycles. The number of nitrogen functional groups attached to an aromatic ring is 1. The van der Waals surface area contributed by atoms with E-state index in [-0.39, 0.29) is 12.3 Å². The van der Waals surface area contributed by atoms with Crippen LogP contribution < -0.4 is 11.4 Å². The number of hydrogen-bond acceptors (Lipinski definition) is 4. The van der Waals surface area contributed by atoms with Crippen LogP contribution in [-0.4, -0.2) is 15.0 Å². The topological polar surface area (TPSA) is 84.7 Å². The lowest BCUT2D eigenvalue weighted by Gasteiger charge is -1.83. The molecule has 5 heteroatoms. The van der Waals surface area contributed by atoms with Gasteiger partial charge >= 0.3 is 5.69 Å². The van der Waals surface area contributed by atoms with Crippen molar-refractivity contribution in [1.82, 2.24) is 15.0 Å². The highest BCUT2D eigenvalue weighted by atomic mass is 16.1. The number of rotatable bonds is 0. The summed E-state index contributed by atoms with van der Waals surface area (Å²) >= 11 is 0. The van der Waals surface area contributed by atoms with Crippen molar-refractivity contribution in [3.8, 4) is 0 Å². The molecule has 1 rings (SSSR count). The summed E-state index contributed by atoms with van der Waals surface area (Å²) in [6.45, 7) is 0. The Balaban J connectivity index is 3.33. The fourth-order valence-corrected chi connectivity index (χ4v) is 0.290. The van der Waals surface area contributed by atoms with E-state index in [2.05, 4.69) is 15.0 Å². The van der Waals surface area contributed by atoms with Gasteiger partial charge in [0.15, 0.2) is 0 Å². The summed E-state index contributed by atoms with van der Waals surface area (Å²) in [7, 11) is 0. The number of H-pyrrole nitrogens is 1. The van der Waals surface area contributed by atoms with Crippen LogP contribution in [0.25, 0.3) is 0 Å². The molecule has 0 amide bonds. The highest BCUT2D eigenvalue weighted by Crippen LogP contribution is 1.73. The summed E-state index contributed by atoms with van der Waals surface area (Å²) < 4.78 is 6.75. The molecule has 5 nitrogen and oxygen atoms in total. The van der Waals surface area contributed by atoms with Crippen molar-refractivity contribution in [3.63, 3.8) is 0 Å². The van der Waals surface area contributed by atoms with Gasteiger partial charge in [-0.1, -0.05) is 0 Å². The molecular formula is C3H4N4O. The minimum Gasteiger partial charge on any atom is -0.369 e. The lowest BCUT2D eigenvalue weighted by atomic mass is 11.0. The summed E-state index contributed by atoms with van der Waals surface area (Å²) in [5.41, 5.74) is 4.39. The third-order valence-electron chi connectivity index (χ3n) is 0.557. The summed E-state index contributed by atoms with van der Waals surface area (Å²) in [5, 5.41) is 0. The molecule has 0 aliphatic carbocycles. The second-order valence-electron chi connectivity index (χ2n) is 1.14. The lowest BCUT2D eigenvalue weighted by Crippen LogP contribution is -2.12. The van der Waals surface area contributed by atoms with Crippen molar-refractivity contribution in [1.29, 1.82) is 0 Å². The smallest absolute Gasteiger partial charge is 0.349 e. The fraction of sp³-hybridized carbons (Fsp3) is 0. The van der Waals surface area contributed by atoms with Gasteiger partial charge in [0.05, 0.1) is 0 Å². The molecule has 42 valence electrons. The Morgan fingerprint density at radius 1 is 1.88 bits per heavy atom. The van der Waals surface area contributed by atoms with Crippen LogP contribution in [0.1, 0.15) is 1.37 Å². The van der Waals surface area contributed by atoms with Gasteiger partial charge in [-0.2, -0.15) is 4.98 Å². The fourth-order valence-electron chi connectivity index (χ4n) is 0.290. The van der Waals surface area contributed by atoms with E-state index < -0.39 is 5.69 Å². The maximum atomic E-state index is 10.3. The molecule has 8 heavy (non-hydrogen) atoms. The highest BCUT2D eigenvalue weighted by Gasteiger charge is 1.82. The monoisotopic (exact) mass is 113 g/mol. The third-order valence-corrected chi connectivity index (χ3v) is 0.557. The van der Waals surface area contributed by atoms with E-state index in [0.717, 1.165) is 0 Å². The van der Waals surface area contributed by atoms with Gasteiger partial charge in [-0.15, -0.1) is 0 Å². The second kappa shape index (κ2) is 1.61. The number of nitrogens with two attached hydrogens (primary N) is 1. The molecule has 0 spiro atoms. The number of nitrogens with one attached hydrogen (secondary N) is 1. The van der Waals surface area contributed by atoms with E-state index in [0.29, 0.717) is 0 Å². The van der Waals surface area contributed by atoms with E-state index in [9.17, 15) is 4.79 Å². The molecule has 1 heterocycles. The molecule has 0 aliphatic heterocycles. The first-order valence-corrected chi connectivity index (χ1v) is 1.89. The van der Waals surface area contributed by atoms with Crippen LogP contribution >= 0.6 is 0 Å². The standard InChI is InChI=1S/C3H4N4O/c4-2-5-1-6-3(8)7-2/h1H,(H3,4,5,6,7,8)/i1D. The Morgan fingerprint density at radius 3 is 3.12 bits per heavy atom. The van der Waals surface area contributed by atoms with Crippen LogP contribution in [0.5, 0.6) is 0 Å². The average molecular weight is 113 g/mol. The summed E-state index contributed by atoms with van der Waals surface area (Å²) in [5.74, 6) is -0.0833. The number of anilines is 1. The Kier molecular flexibility index (Phi) is 0.722. The quantitative estimate of drug-likeness (QED) is 0.440. The number of aromatic nitrogens is 3.